The van der Waals surface area contributed by atoms with E-state index in [0.29, 0.717) is 5.56 Å². The molecule has 1 heterocycles. The molecule has 5 nitrogen and oxygen atoms in total. The zero-order valence-electron chi connectivity index (χ0n) is 11.4. The van der Waals surface area contributed by atoms with Gasteiger partial charge in [-0.25, -0.2) is 0 Å². The molecule has 114 valence electrons. The fourth-order valence-corrected chi connectivity index (χ4v) is 3.18. The zero-order chi connectivity index (χ0) is 15.4. The maximum absolute atomic E-state index is 12.3. The van der Waals surface area contributed by atoms with Gasteiger partial charge in [0, 0.05) is 28.1 Å². The number of primary amides is 1. The predicted octanol–water partition coefficient (Wildman–Crippen LogP) is 1.89. The maximum atomic E-state index is 12.3. The van der Waals surface area contributed by atoms with Crippen LogP contribution in [0.4, 0.5) is 0 Å². The number of carbonyl (C=O) groups is 2. The molecule has 0 bridgehead atoms. The van der Waals surface area contributed by atoms with Gasteiger partial charge in [-0.3, -0.25) is 14.5 Å². The van der Waals surface area contributed by atoms with Crippen LogP contribution in [0.2, 0.25) is 0 Å². The predicted molar refractivity (Wildman–Crippen MR) is 88.0 cm³/mol. The molecule has 1 aromatic rings. The lowest BCUT2D eigenvalue weighted by Gasteiger charge is -2.31. The number of amides is 2. The number of piperidine rings is 1. The first-order chi connectivity index (χ1) is 9.95. The van der Waals surface area contributed by atoms with Crippen LogP contribution in [0.3, 0.4) is 0 Å². The van der Waals surface area contributed by atoms with Crippen LogP contribution in [0.5, 0.6) is 0 Å². The van der Waals surface area contributed by atoms with Gasteiger partial charge in [-0.05, 0) is 47.0 Å². The van der Waals surface area contributed by atoms with Gasteiger partial charge in [0.2, 0.25) is 5.91 Å². The second-order valence-corrected chi connectivity index (χ2v) is 6.88. The van der Waals surface area contributed by atoms with Gasteiger partial charge in [-0.15, -0.1) is 0 Å². The molecule has 0 aromatic heterocycles. The number of halogens is 2. The van der Waals surface area contributed by atoms with Gasteiger partial charge in [0.15, 0.2) is 0 Å². The molecular weight excluding hydrogens is 402 g/mol. The number of nitrogens with one attached hydrogen (secondary N) is 1. The molecule has 0 radical (unpaired) electrons. The summed E-state index contributed by atoms with van der Waals surface area (Å²) in [6.45, 7) is 1.83. The molecule has 0 unspecified atom stereocenters. The monoisotopic (exact) mass is 417 g/mol. The Balaban J connectivity index is 1.90. The van der Waals surface area contributed by atoms with E-state index in [2.05, 4.69) is 37.2 Å². The molecule has 0 saturated carbocycles. The van der Waals surface area contributed by atoms with Gasteiger partial charge < -0.3 is 11.1 Å². The number of nitrogens with two attached hydrogens (primary N) is 1. The first-order valence-electron chi connectivity index (χ1n) is 6.72. The lowest BCUT2D eigenvalue weighted by Crippen LogP contribution is -2.46. The van der Waals surface area contributed by atoms with Crippen molar-refractivity contribution in [3.8, 4) is 0 Å². The number of hydrogen-bond donors (Lipinski definition) is 2. The molecular formula is C14H17Br2N3O2. The average Bonchev–Trinajstić information content (AvgIpc) is 2.43. The molecule has 0 atom stereocenters. The minimum atomic E-state index is -0.310. The second kappa shape index (κ2) is 7.38. The average molecular weight is 419 g/mol. The van der Waals surface area contributed by atoms with E-state index in [1.54, 1.807) is 6.07 Å². The van der Waals surface area contributed by atoms with E-state index in [4.69, 9.17) is 5.73 Å². The van der Waals surface area contributed by atoms with Crippen LogP contribution in [-0.4, -0.2) is 42.4 Å². The Kier molecular flexibility index (Phi) is 5.78. The van der Waals surface area contributed by atoms with Gasteiger partial charge in [0.05, 0.1) is 12.1 Å². The quantitative estimate of drug-likeness (QED) is 0.783. The Morgan fingerprint density at radius 3 is 2.57 bits per heavy atom. The molecule has 1 fully saturated rings. The summed E-state index contributed by atoms with van der Waals surface area (Å²) in [5, 5.41) is 3.04. The molecule has 3 N–H and O–H groups in total. The third-order valence-electron chi connectivity index (χ3n) is 3.48. The summed E-state index contributed by atoms with van der Waals surface area (Å²) in [6, 6.07) is 5.65. The van der Waals surface area contributed by atoms with Crippen molar-refractivity contribution in [3.63, 3.8) is 0 Å². The molecule has 1 aliphatic heterocycles. The highest BCUT2D eigenvalue weighted by Crippen LogP contribution is 2.22. The van der Waals surface area contributed by atoms with Crippen molar-refractivity contribution in [2.24, 2.45) is 5.73 Å². The van der Waals surface area contributed by atoms with Crippen LogP contribution in [0.15, 0.2) is 27.1 Å². The third kappa shape index (κ3) is 4.79. The van der Waals surface area contributed by atoms with Gasteiger partial charge >= 0.3 is 0 Å². The number of hydrogen-bond acceptors (Lipinski definition) is 3. The summed E-state index contributed by atoms with van der Waals surface area (Å²) in [7, 11) is 0. The van der Waals surface area contributed by atoms with Crippen molar-refractivity contribution >= 4 is 43.7 Å². The first-order valence-corrected chi connectivity index (χ1v) is 8.31. The fraction of sp³-hybridized carbons (Fsp3) is 0.429. The van der Waals surface area contributed by atoms with Gasteiger partial charge in [-0.1, -0.05) is 15.9 Å². The van der Waals surface area contributed by atoms with Crippen LogP contribution in [0, 0.1) is 0 Å². The van der Waals surface area contributed by atoms with Crippen molar-refractivity contribution in [2.45, 2.75) is 18.9 Å². The van der Waals surface area contributed by atoms with E-state index in [-0.39, 0.29) is 24.4 Å². The van der Waals surface area contributed by atoms with E-state index in [0.717, 1.165) is 34.9 Å². The highest BCUT2D eigenvalue weighted by atomic mass is 79.9. The summed E-state index contributed by atoms with van der Waals surface area (Å²) in [5.74, 6) is -0.396. The summed E-state index contributed by atoms with van der Waals surface area (Å²) in [4.78, 5) is 25.2. The van der Waals surface area contributed by atoms with Crippen molar-refractivity contribution in [1.29, 1.82) is 0 Å². The summed E-state index contributed by atoms with van der Waals surface area (Å²) in [5.41, 5.74) is 5.80. The molecule has 1 saturated heterocycles. The molecule has 0 spiro atoms. The van der Waals surface area contributed by atoms with Gasteiger partial charge in [0.25, 0.3) is 5.91 Å². The zero-order valence-corrected chi connectivity index (χ0v) is 14.6. The molecule has 0 aliphatic carbocycles. The largest absolute Gasteiger partial charge is 0.369 e. The molecule has 1 aliphatic rings. The summed E-state index contributed by atoms with van der Waals surface area (Å²) < 4.78 is 1.64. The SMILES string of the molecule is NC(=O)CN1CCC(NC(=O)c2cc(Br)ccc2Br)CC1. The normalized spacial score (nSPS) is 16.7. The smallest absolute Gasteiger partial charge is 0.252 e. The Labute approximate surface area is 140 Å². The Bertz CT molecular complexity index is 543. The molecule has 21 heavy (non-hydrogen) atoms. The van der Waals surface area contributed by atoms with E-state index >= 15 is 0 Å². The highest BCUT2D eigenvalue weighted by molar-refractivity contribution is 9.11. The summed E-state index contributed by atoms with van der Waals surface area (Å²) >= 11 is 6.76. The Morgan fingerprint density at radius 2 is 1.95 bits per heavy atom. The lowest BCUT2D eigenvalue weighted by atomic mass is 10.0. The van der Waals surface area contributed by atoms with Crippen LogP contribution < -0.4 is 11.1 Å². The third-order valence-corrected chi connectivity index (χ3v) is 4.66. The molecule has 1 aromatic carbocycles. The van der Waals surface area contributed by atoms with Gasteiger partial charge in [-0.2, -0.15) is 0 Å². The number of nitrogens with zero attached hydrogens (tertiary/aromatic N) is 1. The van der Waals surface area contributed by atoms with Crippen LogP contribution in [-0.2, 0) is 4.79 Å². The molecule has 2 amide bonds. The highest BCUT2D eigenvalue weighted by Gasteiger charge is 2.22. The lowest BCUT2D eigenvalue weighted by molar-refractivity contribution is -0.119. The standard InChI is InChI=1S/C14H17Br2N3O2/c15-9-1-2-12(16)11(7-9)14(21)18-10-3-5-19(6-4-10)8-13(17)20/h1-2,7,10H,3-6,8H2,(H2,17,20)(H,18,21). The maximum Gasteiger partial charge on any atom is 0.252 e. The Morgan fingerprint density at radius 1 is 1.29 bits per heavy atom. The van der Waals surface area contributed by atoms with E-state index in [1.807, 2.05) is 17.0 Å². The number of carbonyl (C=O) groups excluding carboxylic acids is 2. The van der Waals surface area contributed by atoms with Crippen molar-refractivity contribution in [1.82, 2.24) is 10.2 Å². The minimum absolute atomic E-state index is 0.0865. The van der Waals surface area contributed by atoms with Crippen LogP contribution in [0.1, 0.15) is 23.2 Å². The Hall–Kier alpha value is -0.920. The van der Waals surface area contributed by atoms with Crippen molar-refractivity contribution in [3.05, 3.63) is 32.7 Å². The number of rotatable bonds is 4. The number of benzene rings is 1. The van der Waals surface area contributed by atoms with Crippen molar-refractivity contribution < 1.29 is 9.59 Å². The fourth-order valence-electron chi connectivity index (χ4n) is 2.39. The van der Waals surface area contributed by atoms with E-state index < -0.39 is 0 Å². The van der Waals surface area contributed by atoms with Gasteiger partial charge in [0.1, 0.15) is 0 Å². The van der Waals surface area contributed by atoms with Crippen LogP contribution >= 0.6 is 31.9 Å². The van der Waals surface area contributed by atoms with E-state index in [1.165, 1.54) is 0 Å². The topological polar surface area (TPSA) is 75.4 Å². The number of likely N-dealkylation sites (tertiary alicyclic amines) is 1. The minimum Gasteiger partial charge on any atom is -0.369 e. The second-order valence-electron chi connectivity index (χ2n) is 5.11. The first kappa shape index (κ1) is 16.5. The molecule has 7 heteroatoms. The van der Waals surface area contributed by atoms with E-state index in [9.17, 15) is 9.59 Å². The molecule has 2 rings (SSSR count). The van der Waals surface area contributed by atoms with Crippen LogP contribution in [0.25, 0.3) is 0 Å². The summed E-state index contributed by atoms with van der Waals surface area (Å²) in [6.07, 6.45) is 1.65. The van der Waals surface area contributed by atoms with Crippen molar-refractivity contribution in [2.75, 3.05) is 19.6 Å².